The number of amides is 1. The van der Waals surface area contributed by atoms with Gasteiger partial charge in [0.25, 0.3) is 5.91 Å². The van der Waals surface area contributed by atoms with E-state index >= 15 is 0 Å². The number of rotatable bonds is 4. The minimum Gasteiger partial charge on any atom is -0.387 e. The van der Waals surface area contributed by atoms with E-state index in [2.05, 4.69) is 13.8 Å². The van der Waals surface area contributed by atoms with Crippen LogP contribution >= 0.6 is 11.3 Å². The number of likely N-dealkylation sites (tertiary alicyclic amines) is 1. The highest BCUT2D eigenvalue weighted by Crippen LogP contribution is 2.27. The molecule has 1 aliphatic rings. The molecule has 0 radical (unpaired) electrons. The lowest BCUT2D eigenvalue weighted by Gasteiger charge is -2.26. The van der Waals surface area contributed by atoms with Gasteiger partial charge in [-0.15, -0.1) is 11.3 Å². The van der Waals surface area contributed by atoms with Gasteiger partial charge in [-0.3, -0.25) is 4.79 Å². The molecule has 1 saturated heterocycles. The fraction of sp³-hybridized carbons (Fsp3) is 0.667. The molecule has 1 aliphatic heterocycles. The largest absolute Gasteiger partial charge is 0.387 e. The van der Waals surface area contributed by atoms with E-state index in [1.807, 2.05) is 30.4 Å². The average Bonchev–Trinajstić information content (AvgIpc) is 2.94. The van der Waals surface area contributed by atoms with E-state index < -0.39 is 5.60 Å². The number of carbonyl (C=O) groups is 1. The summed E-state index contributed by atoms with van der Waals surface area (Å²) in [5.74, 6) is 0.494. The number of likely N-dealkylation sites (N-methyl/N-ethyl adjacent to an activating group) is 1. The van der Waals surface area contributed by atoms with Gasteiger partial charge in [-0.2, -0.15) is 0 Å². The third kappa shape index (κ3) is 3.40. The molecule has 1 aromatic rings. The van der Waals surface area contributed by atoms with Crippen LogP contribution in [0.3, 0.4) is 0 Å². The molecule has 0 aliphatic carbocycles. The second kappa shape index (κ2) is 5.84. The SMILES string of the molecule is CC(C)c1cc(C(=O)N2CC[C@](O)(CN(C)C)C2)cs1. The average molecular weight is 296 g/mol. The lowest BCUT2D eigenvalue weighted by molar-refractivity contribution is 0.0236. The molecule has 112 valence electrons. The van der Waals surface area contributed by atoms with E-state index in [9.17, 15) is 9.90 Å². The summed E-state index contributed by atoms with van der Waals surface area (Å²) in [6, 6.07) is 1.99. The van der Waals surface area contributed by atoms with Gasteiger partial charge in [-0.1, -0.05) is 13.8 Å². The second-order valence-corrected chi connectivity index (χ2v) is 7.27. The summed E-state index contributed by atoms with van der Waals surface area (Å²) in [6.45, 7) is 5.92. The Balaban J connectivity index is 2.03. The van der Waals surface area contributed by atoms with Crippen LogP contribution in [0.2, 0.25) is 0 Å². The molecule has 1 amide bonds. The summed E-state index contributed by atoms with van der Waals surface area (Å²) >= 11 is 1.64. The third-order valence-electron chi connectivity index (χ3n) is 3.67. The van der Waals surface area contributed by atoms with Crippen LogP contribution in [0.5, 0.6) is 0 Å². The number of nitrogens with zero attached hydrogens (tertiary/aromatic N) is 2. The standard InChI is InChI=1S/C15H24N2O2S/c1-11(2)13-7-12(8-20-13)14(18)17-6-5-15(19,10-17)9-16(3)4/h7-8,11,19H,5-6,9-10H2,1-4H3/t15-/m0/s1. The smallest absolute Gasteiger partial charge is 0.254 e. The van der Waals surface area contributed by atoms with Crippen molar-refractivity contribution in [2.45, 2.75) is 31.8 Å². The van der Waals surface area contributed by atoms with Gasteiger partial charge >= 0.3 is 0 Å². The normalized spacial score (nSPS) is 23.1. The molecule has 0 spiro atoms. The number of carbonyl (C=O) groups excluding carboxylic acids is 1. The van der Waals surface area contributed by atoms with Crippen molar-refractivity contribution in [3.05, 3.63) is 21.9 Å². The molecule has 0 aromatic carbocycles. The van der Waals surface area contributed by atoms with Crippen molar-refractivity contribution >= 4 is 17.2 Å². The highest BCUT2D eigenvalue weighted by atomic mass is 32.1. The van der Waals surface area contributed by atoms with Crippen molar-refractivity contribution in [2.75, 3.05) is 33.7 Å². The summed E-state index contributed by atoms with van der Waals surface area (Å²) in [6.07, 6.45) is 0.651. The summed E-state index contributed by atoms with van der Waals surface area (Å²) < 4.78 is 0. The number of β-amino-alcohol motifs (C(OH)–C–C–N with tert-alkyl or cyclic N) is 1. The summed E-state index contributed by atoms with van der Waals surface area (Å²) in [5.41, 5.74) is -0.0106. The van der Waals surface area contributed by atoms with Gasteiger partial charge in [-0.25, -0.2) is 0 Å². The first-order chi connectivity index (χ1) is 9.31. The summed E-state index contributed by atoms with van der Waals surface area (Å²) in [5, 5.41) is 12.4. The third-order valence-corrected chi connectivity index (χ3v) is 4.90. The van der Waals surface area contributed by atoms with Crippen molar-refractivity contribution in [1.29, 1.82) is 0 Å². The fourth-order valence-electron chi connectivity index (χ4n) is 2.70. The summed E-state index contributed by atoms with van der Waals surface area (Å²) in [4.78, 5) is 17.4. The zero-order valence-corrected chi connectivity index (χ0v) is 13.5. The molecule has 1 fully saturated rings. The predicted molar refractivity (Wildman–Crippen MR) is 82.4 cm³/mol. The molecule has 1 aromatic heterocycles. The van der Waals surface area contributed by atoms with Crippen molar-refractivity contribution in [2.24, 2.45) is 0 Å². The minimum atomic E-state index is -0.768. The van der Waals surface area contributed by atoms with E-state index in [4.69, 9.17) is 0 Å². The second-order valence-electron chi connectivity index (χ2n) is 6.33. The first kappa shape index (κ1) is 15.5. The van der Waals surface area contributed by atoms with Crippen LogP contribution < -0.4 is 0 Å². The van der Waals surface area contributed by atoms with Gasteiger partial charge in [0.15, 0.2) is 0 Å². The number of hydrogen-bond donors (Lipinski definition) is 1. The lowest BCUT2D eigenvalue weighted by atomic mass is 10.0. The molecule has 4 nitrogen and oxygen atoms in total. The molecule has 2 heterocycles. The van der Waals surface area contributed by atoms with Gasteiger partial charge in [0.1, 0.15) is 0 Å². The van der Waals surface area contributed by atoms with Gasteiger partial charge in [0.2, 0.25) is 0 Å². The number of aliphatic hydroxyl groups is 1. The summed E-state index contributed by atoms with van der Waals surface area (Å²) in [7, 11) is 3.88. The van der Waals surface area contributed by atoms with Gasteiger partial charge in [-0.05, 0) is 32.5 Å². The van der Waals surface area contributed by atoms with Crippen molar-refractivity contribution in [1.82, 2.24) is 9.80 Å². The van der Waals surface area contributed by atoms with Crippen LogP contribution in [0.1, 0.15) is 41.4 Å². The molecule has 0 saturated carbocycles. The molecular weight excluding hydrogens is 272 g/mol. The Labute approximate surface area is 125 Å². The van der Waals surface area contributed by atoms with E-state index in [1.54, 1.807) is 16.2 Å². The maximum atomic E-state index is 12.5. The molecule has 5 heteroatoms. The van der Waals surface area contributed by atoms with Crippen molar-refractivity contribution < 1.29 is 9.90 Å². The molecule has 1 N–H and O–H groups in total. The van der Waals surface area contributed by atoms with Gasteiger partial charge < -0.3 is 14.9 Å². The van der Waals surface area contributed by atoms with Gasteiger partial charge in [0, 0.05) is 23.3 Å². The first-order valence-corrected chi connectivity index (χ1v) is 7.93. The van der Waals surface area contributed by atoms with Crippen molar-refractivity contribution in [3.63, 3.8) is 0 Å². The maximum Gasteiger partial charge on any atom is 0.254 e. The quantitative estimate of drug-likeness (QED) is 0.924. The molecule has 0 unspecified atom stereocenters. The van der Waals surface area contributed by atoms with Crippen LogP contribution in [0, 0.1) is 0 Å². The van der Waals surface area contributed by atoms with Crippen LogP contribution in [0.15, 0.2) is 11.4 Å². The molecule has 0 bridgehead atoms. The number of thiophene rings is 1. The van der Waals surface area contributed by atoms with Crippen LogP contribution in [0.4, 0.5) is 0 Å². The zero-order chi connectivity index (χ0) is 14.9. The van der Waals surface area contributed by atoms with Gasteiger partial charge in [0.05, 0.1) is 17.7 Å². The first-order valence-electron chi connectivity index (χ1n) is 7.05. The lowest BCUT2D eigenvalue weighted by Crippen LogP contribution is -2.43. The van der Waals surface area contributed by atoms with Crippen LogP contribution in [-0.2, 0) is 0 Å². The Morgan fingerprint density at radius 3 is 2.80 bits per heavy atom. The van der Waals surface area contributed by atoms with Crippen molar-refractivity contribution in [3.8, 4) is 0 Å². The van der Waals surface area contributed by atoms with Crippen LogP contribution in [-0.4, -0.2) is 60.1 Å². The highest BCUT2D eigenvalue weighted by molar-refractivity contribution is 7.10. The minimum absolute atomic E-state index is 0.0443. The Kier molecular flexibility index (Phi) is 4.52. The Bertz CT molecular complexity index is 484. The Morgan fingerprint density at radius 2 is 2.25 bits per heavy atom. The predicted octanol–water partition coefficient (Wildman–Crippen LogP) is 2.01. The Hall–Kier alpha value is -0.910. The Morgan fingerprint density at radius 1 is 1.55 bits per heavy atom. The van der Waals surface area contributed by atoms with E-state index in [0.717, 1.165) is 5.56 Å². The highest BCUT2D eigenvalue weighted by Gasteiger charge is 2.38. The maximum absolute atomic E-state index is 12.5. The molecule has 20 heavy (non-hydrogen) atoms. The molecule has 2 rings (SSSR count). The van der Waals surface area contributed by atoms with Crippen LogP contribution in [0.25, 0.3) is 0 Å². The molecule has 1 atom stereocenters. The topological polar surface area (TPSA) is 43.8 Å². The fourth-order valence-corrected chi connectivity index (χ4v) is 3.60. The van der Waals surface area contributed by atoms with E-state index in [-0.39, 0.29) is 5.91 Å². The molecular formula is C15H24N2O2S. The van der Waals surface area contributed by atoms with E-state index in [1.165, 1.54) is 4.88 Å². The monoisotopic (exact) mass is 296 g/mol. The van der Waals surface area contributed by atoms with E-state index in [0.29, 0.717) is 32.0 Å². The zero-order valence-electron chi connectivity index (χ0n) is 12.7. The number of hydrogen-bond acceptors (Lipinski definition) is 4.